The quantitative estimate of drug-likeness (QED) is 0.686. The average Bonchev–Trinajstić information content (AvgIpc) is 2.61. The molecule has 0 bridgehead atoms. The van der Waals surface area contributed by atoms with Crippen molar-refractivity contribution in [1.82, 2.24) is 4.98 Å². The lowest BCUT2D eigenvalue weighted by Crippen LogP contribution is -2.12. The van der Waals surface area contributed by atoms with Crippen molar-refractivity contribution in [2.24, 2.45) is 0 Å². The second-order valence-corrected chi connectivity index (χ2v) is 6.11. The third kappa shape index (κ3) is 4.58. The zero-order valence-corrected chi connectivity index (χ0v) is 14.5. The van der Waals surface area contributed by atoms with Crippen LogP contribution in [0.15, 0.2) is 66.9 Å². The SMILES string of the molecule is Cc1ccccc1CNc1cc(C(=O)Nc2cccc(Cl)c2)ccn1. The summed E-state index contributed by atoms with van der Waals surface area (Å²) in [5, 5.41) is 6.66. The number of benzene rings is 2. The Bertz CT molecular complexity index is 895. The summed E-state index contributed by atoms with van der Waals surface area (Å²) in [4.78, 5) is 16.7. The zero-order chi connectivity index (χ0) is 17.6. The first-order valence-electron chi connectivity index (χ1n) is 7.93. The highest BCUT2D eigenvalue weighted by Crippen LogP contribution is 2.17. The van der Waals surface area contributed by atoms with Crippen LogP contribution >= 0.6 is 11.6 Å². The molecule has 1 aromatic heterocycles. The number of anilines is 2. The van der Waals surface area contributed by atoms with Gasteiger partial charge < -0.3 is 10.6 Å². The first kappa shape index (κ1) is 17.0. The first-order chi connectivity index (χ1) is 12.1. The van der Waals surface area contributed by atoms with Gasteiger partial charge in [0.05, 0.1) is 0 Å². The molecule has 0 saturated heterocycles. The summed E-state index contributed by atoms with van der Waals surface area (Å²) in [6.45, 7) is 2.72. The van der Waals surface area contributed by atoms with Crippen LogP contribution in [-0.4, -0.2) is 10.9 Å². The van der Waals surface area contributed by atoms with Crippen LogP contribution in [-0.2, 0) is 6.54 Å². The second-order valence-electron chi connectivity index (χ2n) is 5.67. The number of nitrogens with zero attached hydrogens (tertiary/aromatic N) is 1. The normalized spacial score (nSPS) is 10.3. The van der Waals surface area contributed by atoms with Crippen molar-refractivity contribution >= 4 is 29.0 Å². The van der Waals surface area contributed by atoms with Crippen molar-refractivity contribution < 1.29 is 4.79 Å². The van der Waals surface area contributed by atoms with Gasteiger partial charge in [0.2, 0.25) is 0 Å². The van der Waals surface area contributed by atoms with Gasteiger partial charge in [0, 0.05) is 29.0 Å². The van der Waals surface area contributed by atoms with E-state index in [0.29, 0.717) is 28.6 Å². The van der Waals surface area contributed by atoms with E-state index in [0.717, 1.165) is 0 Å². The monoisotopic (exact) mass is 351 g/mol. The summed E-state index contributed by atoms with van der Waals surface area (Å²) < 4.78 is 0. The minimum atomic E-state index is -0.205. The third-order valence-corrected chi connectivity index (χ3v) is 4.06. The lowest BCUT2D eigenvalue weighted by atomic mass is 10.1. The molecule has 0 aliphatic heterocycles. The van der Waals surface area contributed by atoms with E-state index in [1.165, 1.54) is 11.1 Å². The van der Waals surface area contributed by atoms with Crippen molar-refractivity contribution in [1.29, 1.82) is 0 Å². The summed E-state index contributed by atoms with van der Waals surface area (Å²) in [5.74, 6) is 0.450. The van der Waals surface area contributed by atoms with Gasteiger partial charge in [-0.15, -0.1) is 0 Å². The highest BCUT2D eigenvalue weighted by Gasteiger charge is 2.08. The van der Waals surface area contributed by atoms with E-state index < -0.39 is 0 Å². The smallest absolute Gasteiger partial charge is 0.255 e. The molecule has 0 fully saturated rings. The summed E-state index contributed by atoms with van der Waals surface area (Å²) in [7, 11) is 0. The molecule has 4 nitrogen and oxygen atoms in total. The van der Waals surface area contributed by atoms with Gasteiger partial charge in [-0.2, -0.15) is 0 Å². The van der Waals surface area contributed by atoms with Crippen LogP contribution in [0.5, 0.6) is 0 Å². The number of amides is 1. The molecule has 0 saturated carbocycles. The molecule has 3 aromatic rings. The van der Waals surface area contributed by atoms with Gasteiger partial charge in [-0.05, 0) is 48.4 Å². The number of aryl methyl sites for hydroxylation is 1. The second kappa shape index (κ2) is 7.81. The molecule has 1 amide bonds. The Hall–Kier alpha value is -2.85. The number of hydrogen-bond acceptors (Lipinski definition) is 3. The van der Waals surface area contributed by atoms with Crippen LogP contribution in [0.3, 0.4) is 0 Å². The number of nitrogens with one attached hydrogen (secondary N) is 2. The molecular formula is C20H18ClN3O. The molecule has 0 aliphatic rings. The number of aromatic nitrogens is 1. The van der Waals surface area contributed by atoms with Gasteiger partial charge in [0.15, 0.2) is 0 Å². The van der Waals surface area contributed by atoms with Crippen LogP contribution in [0.2, 0.25) is 5.02 Å². The van der Waals surface area contributed by atoms with E-state index in [4.69, 9.17) is 11.6 Å². The Balaban J connectivity index is 1.68. The highest BCUT2D eigenvalue weighted by atomic mass is 35.5. The Kier molecular flexibility index (Phi) is 5.31. The molecule has 2 N–H and O–H groups in total. The molecule has 0 atom stereocenters. The maximum Gasteiger partial charge on any atom is 0.255 e. The van der Waals surface area contributed by atoms with Crippen LogP contribution in [0, 0.1) is 6.92 Å². The van der Waals surface area contributed by atoms with Crippen molar-refractivity contribution in [3.63, 3.8) is 0 Å². The number of pyridine rings is 1. The molecule has 126 valence electrons. The van der Waals surface area contributed by atoms with Gasteiger partial charge in [-0.25, -0.2) is 4.98 Å². The summed E-state index contributed by atoms with van der Waals surface area (Å²) >= 11 is 5.94. The molecular weight excluding hydrogens is 334 g/mol. The maximum absolute atomic E-state index is 12.4. The predicted octanol–water partition coefficient (Wildman–Crippen LogP) is 4.91. The van der Waals surface area contributed by atoms with E-state index in [-0.39, 0.29) is 5.91 Å². The molecule has 1 heterocycles. The van der Waals surface area contributed by atoms with E-state index >= 15 is 0 Å². The number of hydrogen-bond donors (Lipinski definition) is 2. The Morgan fingerprint density at radius 3 is 2.72 bits per heavy atom. The molecule has 0 spiro atoms. The summed E-state index contributed by atoms with van der Waals surface area (Å²) in [6, 6.07) is 18.6. The largest absolute Gasteiger partial charge is 0.366 e. The van der Waals surface area contributed by atoms with Crippen LogP contribution in [0.25, 0.3) is 0 Å². The molecule has 3 rings (SSSR count). The van der Waals surface area contributed by atoms with E-state index in [9.17, 15) is 4.79 Å². The van der Waals surface area contributed by atoms with Crippen LogP contribution in [0.4, 0.5) is 11.5 Å². The van der Waals surface area contributed by atoms with Gasteiger partial charge in [-0.3, -0.25) is 4.79 Å². The number of carbonyl (C=O) groups excluding carboxylic acids is 1. The van der Waals surface area contributed by atoms with Crippen LogP contribution < -0.4 is 10.6 Å². The number of carbonyl (C=O) groups is 1. The fourth-order valence-electron chi connectivity index (χ4n) is 2.43. The number of halogens is 1. The lowest BCUT2D eigenvalue weighted by molar-refractivity contribution is 0.102. The van der Waals surface area contributed by atoms with Crippen molar-refractivity contribution in [3.05, 3.63) is 88.6 Å². The molecule has 0 radical (unpaired) electrons. The highest BCUT2D eigenvalue weighted by molar-refractivity contribution is 6.30. The fraction of sp³-hybridized carbons (Fsp3) is 0.100. The Morgan fingerprint density at radius 2 is 1.92 bits per heavy atom. The summed E-state index contributed by atoms with van der Waals surface area (Å²) in [6.07, 6.45) is 1.62. The Morgan fingerprint density at radius 1 is 1.08 bits per heavy atom. The van der Waals surface area contributed by atoms with Crippen LogP contribution in [0.1, 0.15) is 21.5 Å². The minimum Gasteiger partial charge on any atom is -0.366 e. The van der Waals surface area contributed by atoms with Gasteiger partial charge in [0.1, 0.15) is 5.82 Å². The topological polar surface area (TPSA) is 54.0 Å². The van der Waals surface area contributed by atoms with Gasteiger partial charge in [-0.1, -0.05) is 41.9 Å². The van der Waals surface area contributed by atoms with Crippen molar-refractivity contribution in [2.75, 3.05) is 10.6 Å². The lowest BCUT2D eigenvalue weighted by Gasteiger charge is -2.10. The van der Waals surface area contributed by atoms with Crippen molar-refractivity contribution in [2.45, 2.75) is 13.5 Å². The fourth-order valence-corrected chi connectivity index (χ4v) is 2.62. The standard InChI is InChI=1S/C20H18ClN3O/c1-14-5-2-3-6-16(14)13-23-19-11-15(9-10-22-19)20(25)24-18-8-4-7-17(21)12-18/h2-12H,13H2,1H3,(H,22,23)(H,24,25). The van der Waals surface area contributed by atoms with Gasteiger partial charge >= 0.3 is 0 Å². The predicted molar refractivity (Wildman–Crippen MR) is 102 cm³/mol. The first-order valence-corrected chi connectivity index (χ1v) is 8.31. The van der Waals surface area contributed by atoms with E-state index in [1.807, 2.05) is 12.1 Å². The minimum absolute atomic E-state index is 0.205. The molecule has 0 unspecified atom stereocenters. The average molecular weight is 352 g/mol. The third-order valence-electron chi connectivity index (χ3n) is 3.83. The molecule has 0 aliphatic carbocycles. The van der Waals surface area contributed by atoms with Crippen molar-refractivity contribution in [3.8, 4) is 0 Å². The van der Waals surface area contributed by atoms with Gasteiger partial charge in [0.25, 0.3) is 5.91 Å². The summed E-state index contributed by atoms with van der Waals surface area (Å²) in [5.41, 5.74) is 3.59. The van der Waals surface area contributed by atoms with E-state index in [1.54, 1.807) is 42.6 Å². The molecule has 2 aromatic carbocycles. The van der Waals surface area contributed by atoms with E-state index in [2.05, 4.69) is 34.7 Å². The molecule has 5 heteroatoms. The Labute approximate surface area is 151 Å². The molecule has 25 heavy (non-hydrogen) atoms. The maximum atomic E-state index is 12.4. The number of rotatable bonds is 5. The zero-order valence-electron chi connectivity index (χ0n) is 13.8.